The Morgan fingerprint density at radius 1 is 1.20 bits per heavy atom. The Balaban J connectivity index is 2.19. The number of carbonyl (C=O) groups excluding carboxylic acids is 1. The van der Waals surface area contributed by atoms with Crippen LogP contribution < -0.4 is 5.73 Å². The summed E-state index contributed by atoms with van der Waals surface area (Å²) >= 11 is 0. The molecule has 0 aliphatic carbocycles. The fraction of sp³-hybridized carbons (Fsp3) is 0.250. The lowest BCUT2D eigenvalue weighted by Crippen LogP contribution is -2.36. The van der Waals surface area contributed by atoms with Gasteiger partial charge in [0, 0.05) is 24.5 Å². The lowest BCUT2D eigenvalue weighted by molar-refractivity contribution is 0.0684. The average molecular weight is 269 g/mol. The number of nitrogen functional groups attached to an aromatic ring is 1. The van der Waals surface area contributed by atoms with E-state index in [1.54, 1.807) is 23.2 Å². The maximum Gasteiger partial charge on any atom is 0.272 e. The van der Waals surface area contributed by atoms with Crippen molar-refractivity contribution in [2.75, 3.05) is 5.73 Å². The van der Waals surface area contributed by atoms with Gasteiger partial charge in [0.1, 0.15) is 5.69 Å². The van der Waals surface area contributed by atoms with Crippen molar-refractivity contribution >= 4 is 11.6 Å². The topological polar surface area (TPSA) is 59.2 Å². The maximum absolute atomic E-state index is 12.5. The molecule has 0 radical (unpaired) electrons. The minimum absolute atomic E-state index is 0.0579. The molecule has 0 saturated heterocycles. The first kappa shape index (κ1) is 14.1. The van der Waals surface area contributed by atoms with Crippen molar-refractivity contribution in [3.05, 3.63) is 59.9 Å². The third-order valence-electron chi connectivity index (χ3n) is 3.10. The predicted molar refractivity (Wildman–Crippen MR) is 80.1 cm³/mol. The number of amides is 1. The summed E-state index contributed by atoms with van der Waals surface area (Å²) in [5.74, 6) is -0.0579. The molecule has 1 heterocycles. The molecular formula is C16H19N3O. The van der Waals surface area contributed by atoms with Crippen LogP contribution in [0.3, 0.4) is 0 Å². The van der Waals surface area contributed by atoms with Crippen LogP contribution in [0.15, 0.2) is 48.7 Å². The SMILES string of the molecule is CC(C)N(Cc1ccc(N)cc1)C(=O)c1ccccn1. The summed E-state index contributed by atoms with van der Waals surface area (Å²) in [6, 6.07) is 13.0. The van der Waals surface area contributed by atoms with E-state index in [1.807, 2.05) is 44.2 Å². The smallest absolute Gasteiger partial charge is 0.272 e. The van der Waals surface area contributed by atoms with Gasteiger partial charge in [-0.1, -0.05) is 18.2 Å². The fourth-order valence-corrected chi connectivity index (χ4v) is 1.95. The molecule has 4 nitrogen and oxygen atoms in total. The third kappa shape index (κ3) is 3.35. The van der Waals surface area contributed by atoms with Gasteiger partial charge in [0.2, 0.25) is 0 Å². The van der Waals surface area contributed by atoms with E-state index in [0.29, 0.717) is 12.2 Å². The van der Waals surface area contributed by atoms with Crippen molar-refractivity contribution < 1.29 is 4.79 Å². The van der Waals surface area contributed by atoms with E-state index in [4.69, 9.17) is 5.73 Å². The van der Waals surface area contributed by atoms with Gasteiger partial charge in [-0.25, -0.2) is 0 Å². The zero-order valence-electron chi connectivity index (χ0n) is 11.8. The number of rotatable bonds is 4. The van der Waals surface area contributed by atoms with Crippen LogP contribution in [0.2, 0.25) is 0 Å². The second-order valence-electron chi connectivity index (χ2n) is 4.98. The number of aromatic nitrogens is 1. The summed E-state index contributed by atoms with van der Waals surface area (Å²) in [5, 5.41) is 0. The number of pyridine rings is 1. The highest BCUT2D eigenvalue weighted by atomic mass is 16.2. The van der Waals surface area contributed by atoms with Crippen LogP contribution >= 0.6 is 0 Å². The number of nitrogens with zero attached hydrogens (tertiary/aromatic N) is 2. The summed E-state index contributed by atoms with van der Waals surface area (Å²) in [7, 11) is 0. The molecule has 1 aromatic heterocycles. The van der Waals surface area contributed by atoms with Crippen LogP contribution in [0.4, 0.5) is 5.69 Å². The van der Waals surface area contributed by atoms with E-state index in [-0.39, 0.29) is 11.9 Å². The first-order valence-electron chi connectivity index (χ1n) is 6.64. The molecule has 0 bridgehead atoms. The molecule has 0 aliphatic heterocycles. The molecule has 20 heavy (non-hydrogen) atoms. The summed E-state index contributed by atoms with van der Waals surface area (Å²) in [4.78, 5) is 18.4. The molecule has 1 amide bonds. The number of benzene rings is 1. The molecule has 0 saturated carbocycles. The number of hydrogen-bond acceptors (Lipinski definition) is 3. The summed E-state index contributed by atoms with van der Waals surface area (Å²) < 4.78 is 0. The molecule has 104 valence electrons. The molecule has 0 atom stereocenters. The molecule has 2 N–H and O–H groups in total. The lowest BCUT2D eigenvalue weighted by Gasteiger charge is -2.26. The van der Waals surface area contributed by atoms with E-state index >= 15 is 0 Å². The quantitative estimate of drug-likeness (QED) is 0.868. The van der Waals surface area contributed by atoms with Crippen LogP contribution in [-0.2, 0) is 6.54 Å². The Hall–Kier alpha value is -2.36. The molecule has 0 aliphatic rings. The highest BCUT2D eigenvalue weighted by Crippen LogP contribution is 2.13. The zero-order chi connectivity index (χ0) is 14.5. The number of nitrogens with two attached hydrogens (primary N) is 1. The Kier molecular flexibility index (Phi) is 4.35. The van der Waals surface area contributed by atoms with E-state index in [9.17, 15) is 4.79 Å². The largest absolute Gasteiger partial charge is 0.399 e. The van der Waals surface area contributed by atoms with Crippen LogP contribution in [0.5, 0.6) is 0 Å². The zero-order valence-corrected chi connectivity index (χ0v) is 11.8. The van der Waals surface area contributed by atoms with Crippen LogP contribution in [-0.4, -0.2) is 21.8 Å². The lowest BCUT2D eigenvalue weighted by atomic mass is 10.1. The van der Waals surface area contributed by atoms with Gasteiger partial charge in [0.15, 0.2) is 0 Å². The number of carbonyl (C=O) groups is 1. The Bertz CT molecular complexity index is 564. The van der Waals surface area contributed by atoms with Crippen molar-refractivity contribution in [1.82, 2.24) is 9.88 Å². The highest BCUT2D eigenvalue weighted by molar-refractivity contribution is 5.92. The van der Waals surface area contributed by atoms with Gasteiger partial charge in [-0.2, -0.15) is 0 Å². The summed E-state index contributed by atoms with van der Waals surface area (Å²) in [5.41, 5.74) is 7.92. The van der Waals surface area contributed by atoms with E-state index in [0.717, 1.165) is 11.3 Å². The normalized spacial score (nSPS) is 10.6. The van der Waals surface area contributed by atoms with Gasteiger partial charge in [0.05, 0.1) is 0 Å². The Morgan fingerprint density at radius 3 is 2.45 bits per heavy atom. The first-order valence-corrected chi connectivity index (χ1v) is 6.64. The van der Waals surface area contributed by atoms with Gasteiger partial charge in [-0.3, -0.25) is 9.78 Å². The molecular weight excluding hydrogens is 250 g/mol. The van der Waals surface area contributed by atoms with Gasteiger partial charge in [-0.15, -0.1) is 0 Å². The molecule has 0 fully saturated rings. The predicted octanol–water partition coefficient (Wildman–Crippen LogP) is 2.71. The molecule has 1 aromatic carbocycles. The van der Waals surface area contributed by atoms with E-state index in [1.165, 1.54) is 0 Å². The second-order valence-corrected chi connectivity index (χ2v) is 4.98. The van der Waals surface area contributed by atoms with Crippen LogP contribution in [0, 0.1) is 0 Å². The first-order chi connectivity index (χ1) is 9.58. The number of hydrogen-bond donors (Lipinski definition) is 1. The van der Waals surface area contributed by atoms with Crippen LogP contribution in [0.25, 0.3) is 0 Å². The number of anilines is 1. The van der Waals surface area contributed by atoms with E-state index in [2.05, 4.69) is 4.98 Å². The summed E-state index contributed by atoms with van der Waals surface area (Å²) in [6.45, 7) is 4.55. The minimum Gasteiger partial charge on any atom is -0.399 e. The van der Waals surface area contributed by atoms with E-state index < -0.39 is 0 Å². The maximum atomic E-state index is 12.5. The third-order valence-corrected chi connectivity index (χ3v) is 3.10. The second kappa shape index (κ2) is 6.19. The average Bonchev–Trinajstić information content (AvgIpc) is 2.46. The molecule has 2 aromatic rings. The van der Waals surface area contributed by atoms with Crippen molar-refractivity contribution in [3.8, 4) is 0 Å². The Labute approximate surface area is 119 Å². The fourth-order valence-electron chi connectivity index (χ4n) is 1.95. The van der Waals surface area contributed by atoms with Gasteiger partial charge in [-0.05, 0) is 43.7 Å². The van der Waals surface area contributed by atoms with Crippen molar-refractivity contribution in [1.29, 1.82) is 0 Å². The molecule has 2 rings (SSSR count). The molecule has 4 heteroatoms. The van der Waals surface area contributed by atoms with Gasteiger partial charge in [0.25, 0.3) is 5.91 Å². The van der Waals surface area contributed by atoms with Crippen molar-refractivity contribution in [2.24, 2.45) is 0 Å². The van der Waals surface area contributed by atoms with Crippen molar-refractivity contribution in [2.45, 2.75) is 26.4 Å². The van der Waals surface area contributed by atoms with Crippen molar-refractivity contribution in [3.63, 3.8) is 0 Å². The Morgan fingerprint density at radius 2 is 1.90 bits per heavy atom. The van der Waals surface area contributed by atoms with Gasteiger partial charge >= 0.3 is 0 Å². The minimum atomic E-state index is -0.0579. The van der Waals surface area contributed by atoms with Gasteiger partial charge < -0.3 is 10.6 Å². The highest BCUT2D eigenvalue weighted by Gasteiger charge is 2.19. The standard InChI is InChI=1S/C16H19N3O/c1-12(2)19(11-13-6-8-14(17)9-7-13)16(20)15-5-3-4-10-18-15/h3-10,12H,11,17H2,1-2H3. The molecule has 0 spiro atoms. The van der Waals surface area contributed by atoms with Crippen LogP contribution in [0.1, 0.15) is 29.9 Å². The molecule has 0 unspecified atom stereocenters. The summed E-state index contributed by atoms with van der Waals surface area (Å²) in [6.07, 6.45) is 1.63. The monoisotopic (exact) mass is 269 g/mol.